The number of aliphatic carboxylic acids is 1. The monoisotopic (exact) mass is 972 g/mol. The van der Waals surface area contributed by atoms with E-state index in [9.17, 15) is 53.4 Å². The van der Waals surface area contributed by atoms with Gasteiger partial charge in [-0.15, -0.1) is 0 Å². The van der Waals surface area contributed by atoms with Crippen molar-refractivity contribution in [1.29, 1.82) is 0 Å². The second-order valence-electron chi connectivity index (χ2n) is 19.7. The molecule has 8 amide bonds. The number of aromatic amines is 1. The Morgan fingerprint density at radius 2 is 1.16 bits per heavy atom. The van der Waals surface area contributed by atoms with Gasteiger partial charge in [-0.1, -0.05) is 68.2 Å². The van der Waals surface area contributed by atoms with Crippen molar-refractivity contribution in [1.82, 2.24) is 51.3 Å². The number of likely N-dealkylation sites (tertiary alicyclic amines) is 3. The normalized spacial score (nSPS) is 21.7. The van der Waals surface area contributed by atoms with Gasteiger partial charge in [0.2, 0.25) is 47.3 Å². The van der Waals surface area contributed by atoms with Gasteiger partial charge in [0.1, 0.15) is 48.3 Å². The van der Waals surface area contributed by atoms with Crippen molar-refractivity contribution in [3.63, 3.8) is 0 Å². The van der Waals surface area contributed by atoms with E-state index in [1.165, 1.54) is 27.2 Å². The molecule has 386 valence electrons. The number of carbonyl (C=O) groups excluding carboxylic acids is 8. The number of hydrogen-bond acceptors (Lipinski definition) is 12. The summed E-state index contributed by atoms with van der Waals surface area (Å²) in [5.41, 5.74) is 6.66. The molecule has 22 heteroatoms. The highest BCUT2D eigenvalue weighted by molar-refractivity contribution is 5.98. The maximum atomic E-state index is 14.4. The fourth-order valence-electron chi connectivity index (χ4n) is 9.30. The lowest BCUT2D eigenvalue weighted by atomic mass is 9.96. The number of carboxylic acids is 1. The Kier molecular flexibility index (Phi) is 20.9. The average Bonchev–Trinajstić information content (AvgIpc) is 4.17. The summed E-state index contributed by atoms with van der Waals surface area (Å²) < 4.78 is 0. The number of aliphatic hydroxyl groups is 1. The summed E-state index contributed by atoms with van der Waals surface area (Å²) in [6.45, 7) is 14.3. The van der Waals surface area contributed by atoms with Crippen LogP contribution in [-0.2, 0) is 49.6 Å². The van der Waals surface area contributed by atoms with Gasteiger partial charge in [-0.05, 0) is 68.6 Å². The number of H-pyrrole nitrogens is 1. The number of carbonyl (C=O) groups is 9. The maximum absolute atomic E-state index is 14.4. The Morgan fingerprint density at radius 3 is 1.62 bits per heavy atom. The second-order valence-corrected chi connectivity index (χ2v) is 19.7. The third-order valence-electron chi connectivity index (χ3n) is 13.8. The molecule has 0 saturated carbocycles. The third kappa shape index (κ3) is 14.5. The largest absolute Gasteiger partial charge is 0.480 e. The number of nitrogens with one attached hydrogen (secondary N) is 6. The van der Waals surface area contributed by atoms with Crippen LogP contribution in [0.25, 0.3) is 0 Å². The molecule has 1 aromatic heterocycles. The zero-order valence-electron chi connectivity index (χ0n) is 41.5. The SMILES string of the molecule is CC[C@H](C)[C@H](NC(=O)[C@@H]1CCCN1C(=O)[C@H](Cc1cnc[nH]1)NC(=O)[C@@H](NC(=O)[C@@H]1CCCN1C(=O)[C@@H](NC(=O)[C@H](CO)NC(=O)[C@@H]1CCCN1C(=O)[C@@H](N)CC(C)C)[C@@H](C)CC)C(C)C)C(=O)O. The van der Waals surface area contributed by atoms with E-state index >= 15 is 0 Å². The number of hydrogen-bond donors (Lipinski definition) is 9. The van der Waals surface area contributed by atoms with Gasteiger partial charge in [0.05, 0.1) is 19.0 Å². The number of nitrogens with zero attached hydrogens (tertiary/aromatic N) is 4. The summed E-state index contributed by atoms with van der Waals surface area (Å²) in [4.78, 5) is 134. The van der Waals surface area contributed by atoms with Crippen LogP contribution in [0.5, 0.6) is 0 Å². The predicted molar refractivity (Wildman–Crippen MR) is 252 cm³/mol. The van der Waals surface area contributed by atoms with Gasteiger partial charge in [0.15, 0.2) is 0 Å². The van der Waals surface area contributed by atoms with Gasteiger partial charge in [0, 0.05) is 37.9 Å². The molecule has 10 N–H and O–H groups in total. The number of rotatable bonds is 24. The van der Waals surface area contributed by atoms with Crippen molar-refractivity contribution < 1.29 is 53.4 Å². The molecule has 11 atom stereocenters. The number of imidazole rings is 1. The number of nitrogens with two attached hydrogens (primary N) is 1. The first-order valence-electron chi connectivity index (χ1n) is 24.6. The zero-order valence-corrected chi connectivity index (χ0v) is 41.5. The summed E-state index contributed by atoms with van der Waals surface area (Å²) in [5.74, 6) is -7.27. The maximum Gasteiger partial charge on any atom is 0.326 e. The molecule has 0 aromatic carbocycles. The average molecular weight is 972 g/mol. The Bertz CT molecular complexity index is 1970. The smallest absolute Gasteiger partial charge is 0.326 e. The van der Waals surface area contributed by atoms with Crippen LogP contribution < -0.4 is 32.3 Å². The van der Waals surface area contributed by atoms with Crippen LogP contribution in [-0.4, -0.2) is 169 Å². The quantitative estimate of drug-likeness (QED) is 0.0635. The molecule has 0 spiro atoms. The highest BCUT2D eigenvalue weighted by Crippen LogP contribution is 2.25. The minimum atomic E-state index is -1.46. The molecule has 4 rings (SSSR count). The van der Waals surface area contributed by atoms with Crippen LogP contribution in [0.3, 0.4) is 0 Å². The number of aliphatic hydroxyl groups excluding tert-OH is 1. The summed E-state index contributed by atoms with van der Waals surface area (Å²) in [6, 6.07) is -9.90. The molecule has 3 saturated heterocycles. The lowest BCUT2D eigenvalue weighted by Crippen LogP contribution is -2.62. The molecule has 4 heterocycles. The van der Waals surface area contributed by atoms with E-state index in [1.807, 2.05) is 27.7 Å². The number of aromatic nitrogens is 2. The van der Waals surface area contributed by atoms with Crippen LogP contribution in [0.2, 0.25) is 0 Å². The van der Waals surface area contributed by atoms with Crippen molar-refractivity contribution in [3.05, 3.63) is 18.2 Å². The molecular formula is C47H77N11O11. The Morgan fingerprint density at radius 1 is 0.667 bits per heavy atom. The van der Waals surface area contributed by atoms with Crippen molar-refractivity contribution in [2.24, 2.45) is 29.4 Å². The fourth-order valence-corrected chi connectivity index (χ4v) is 9.30. The van der Waals surface area contributed by atoms with E-state index in [2.05, 4.69) is 36.6 Å². The van der Waals surface area contributed by atoms with Crippen molar-refractivity contribution in [3.8, 4) is 0 Å². The molecule has 3 fully saturated rings. The van der Waals surface area contributed by atoms with Gasteiger partial charge in [-0.3, -0.25) is 38.4 Å². The van der Waals surface area contributed by atoms with Crippen LogP contribution in [0.4, 0.5) is 0 Å². The van der Waals surface area contributed by atoms with Crippen LogP contribution in [0.1, 0.15) is 119 Å². The van der Waals surface area contributed by atoms with Gasteiger partial charge in [-0.2, -0.15) is 0 Å². The van der Waals surface area contributed by atoms with E-state index < -0.39 is 120 Å². The van der Waals surface area contributed by atoms with Gasteiger partial charge < -0.3 is 62.2 Å². The summed E-state index contributed by atoms with van der Waals surface area (Å²) in [5, 5.41) is 33.6. The minimum Gasteiger partial charge on any atom is -0.480 e. The molecule has 0 unspecified atom stereocenters. The van der Waals surface area contributed by atoms with E-state index in [1.54, 1.807) is 27.7 Å². The lowest BCUT2D eigenvalue weighted by molar-refractivity contribution is -0.146. The van der Waals surface area contributed by atoms with Crippen LogP contribution in [0.15, 0.2) is 12.5 Å². The van der Waals surface area contributed by atoms with E-state index in [0.29, 0.717) is 57.2 Å². The molecule has 0 aliphatic carbocycles. The third-order valence-corrected chi connectivity index (χ3v) is 13.8. The highest BCUT2D eigenvalue weighted by atomic mass is 16.4. The number of carboxylic acid groups (broad SMARTS) is 1. The van der Waals surface area contributed by atoms with Crippen LogP contribution >= 0.6 is 0 Å². The molecule has 22 nitrogen and oxygen atoms in total. The van der Waals surface area contributed by atoms with Gasteiger partial charge >= 0.3 is 5.97 Å². The standard InChI is InChI=1S/C47H77N11O11/c1-9-27(7)37(54-39(60)32(23-59)52-40(61)33-14-11-17-56(33)44(65)30(48)20-25(3)4)46(67)58-19-13-16-35(58)41(62)53-36(26(5)6)43(64)51-31(21-29-22-49-24-50-29)45(66)57-18-12-15-34(57)42(63)55-38(47(68)69)28(8)10-2/h22,24-28,30-38,59H,9-21,23,48H2,1-8H3,(H,49,50)(H,51,64)(H,52,61)(H,53,62)(H,54,60)(H,55,63)(H,68,69)/t27-,28-,30-,31-,32-,33-,34-,35-,36-,37-,38-/m0/s1. The summed E-state index contributed by atoms with van der Waals surface area (Å²) in [6.07, 6.45) is 6.56. The predicted octanol–water partition coefficient (Wildman–Crippen LogP) is -0.452. The van der Waals surface area contributed by atoms with E-state index in [4.69, 9.17) is 5.73 Å². The molecule has 1 aromatic rings. The summed E-state index contributed by atoms with van der Waals surface area (Å²) >= 11 is 0. The second kappa shape index (κ2) is 25.8. The van der Waals surface area contributed by atoms with Crippen molar-refractivity contribution >= 4 is 53.2 Å². The van der Waals surface area contributed by atoms with E-state index in [-0.39, 0.29) is 50.1 Å². The highest BCUT2D eigenvalue weighted by Gasteiger charge is 2.44. The van der Waals surface area contributed by atoms with Gasteiger partial charge in [-0.25, -0.2) is 9.78 Å². The summed E-state index contributed by atoms with van der Waals surface area (Å²) in [7, 11) is 0. The van der Waals surface area contributed by atoms with E-state index in [0.717, 1.165) is 0 Å². The fraction of sp³-hybridized carbons (Fsp3) is 0.745. The van der Waals surface area contributed by atoms with Gasteiger partial charge in [0.25, 0.3) is 0 Å². The Hall–Kier alpha value is -5.64. The minimum absolute atomic E-state index is 0.0426. The molecular weight excluding hydrogens is 895 g/mol. The molecule has 0 bridgehead atoms. The zero-order chi connectivity index (χ0) is 51.3. The molecule has 3 aliphatic heterocycles. The van der Waals surface area contributed by atoms with Crippen LogP contribution in [0, 0.1) is 23.7 Å². The first-order valence-corrected chi connectivity index (χ1v) is 24.6. The molecule has 3 aliphatic rings. The lowest BCUT2D eigenvalue weighted by Gasteiger charge is -2.34. The first-order chi connectivity index (χ1) is 32.6. The van der Waals surface area contributed by atoms with Crippen molar-refractivity contribution in [2.75, 3.05) is 26.2 Å². The first kappa shape index (κ1) is 56.0. The number of amides is 8. The topological polar surface area (TPSA) is 319 Å². The Labute approximate surface area is 404 Å². The molecule has 0 radical (unpaired) electrons. The Balaban J connectivity index is 1.47. The van der Waals surface area contributed by atoms with Crippen molar-refractivity contribution in [2.45, 2.75) is 174 Å². The molecule has 69 heavy (non-hydrogen) atoms.